The molecule has 12 heteroatoms. The Bertz CT molecular complexity index is 1710. The van der Waals surface area contributed by atoms with E-state index in [4.69, 9.17) is 24.4 Å². The molecule has 0 aliphatic heterocycles. The Morgan fingerprint density at radius 1 is 1.05 bits per heavy atom. The number of benzene rings is 3. The van der Waals surface area contributed by atoms with E-state index in [1.54, 1.807) is 36.4 Å². The lowest BCUT2D eigenvalue weighted by molar-refractivity contribution is 0.0640. The molecular formula is C29H27FN2O8S. The highest BCUT2D eigenvalue weighted by molar-refractivity contribution is 7.92. The van der Waals surface area contributed by atoms with E-state index in [9.17, 15) is 22.4 Å². The van der Waals surface area contributed by atoms with Gasteiger partial charge in [-0.3, -0.25) is 4.31 Å². The Balaban J connectivity index is 1.62. The van der Waals surface area contributed by atoms with Crippen molar-refractivity contribution >= 4 is 38.7 Å². The number of carbonyl (C=O) groups excluding carboxylic acids is 2. The van der Waals surface area contributed by atoms with Crippen LogP contribution >= 0.6 is 0 Å². The molecule has 0 bridgehead atoms. The normalized spacial score (nSPS) is 13.2. The molecule has 10 nitrogen and oxygen atoms in total. The Morgan fingerprint density at radius 2 is 1.68 bits per heavy atom. The van der Waals surface area contributed by atoms with Crippen molar-refractivity contribution in [2.75, 3.05) is 30.8 Å². The fourth-order valence-electron chi connectivity index (χ4n) is 4.59. The summed E-state index contributed by atoms with van der Waals surface area (Å²) in [4.78, 5) is 24.6. The summed E-state index contributed by atoms with van der Waals surface area (Å²) in [5, 5.41) is 0.351. The number of ether oxygens (including phenoxy) is 3. The van der Waals surface area contributed by atoms with Crippen molar-refractivity contribution < 1.29 is 41.0 Å². The smallest absolute Gasteiger partial charge is 0.412 e. The van der Waals surface area contributed by atoms with E-state index in [-0.39, 0.29) is 41.8 Å². The van der Waals surface area contributed by atoms with Crippen LogP contribution in [0.15, 0.2) is 65.1 Å². The summed E-state index contributed by atoms with van der Waals surface area (Å²) in [6.07, 6.45) is 1.53. The molecule has 0 saturated heterocycles. The Morgan fingerprint density at radius 3 is 2.24 bits per heavy atom. The Hall–Kier alpha value is -4.42. The minimum absolute atomic E-state index is 0.0257. The van der Waals surface area contributed by atoms with Crippen LogP contribution < -0.4 is 14.8 Å². The Labute approximate surface area is 235 Å². The standard InChI is InChI=1S/C29H27FN2O8S/c1-37-14-13-32(41(2,35)36)24-16-25-23(15-22(24)17-3-4-17)26(28(33)40-29(31)34)27(39-25)18-5-9-20(10-6-18)38-21-11-7-19(30)8-12-21/h5-12,15-17H,3-4,13-14H2,1-2H3,(H2,31,34). The first kappa shape index (κ1) is 28.1. The summed E-state index contributed by atoms with van der Waals surface area (Å²) < 4.78 is 61.7. The van der Waals surface area contributed by atoms with Crippen LogP contribution in [0, 0.1) is 5.82 Å². The third kappa shape index (κ3) is 6.18. The molecule has 1 aliphatic carbocycles. The van der Waals surface area contributed by atoms with Gasteiger partial charge in [-0.05, 0) is 78.9 Å². The van der Waals surface area contributed by atoms with Crippen LogP contribution in [0.5, 0.6) is 11.5 Å². The highest BCUT2D eigenvalue weighted by atomic mass is 32.2. The summed E-state index contributed by atoms with van der Waals surface area (Å²) in [6, 6.07) is 15.4. The molecule has 1 aromatic heterocycles. The molecule has 1 fully saturated rings. The molecule has 0 unspecified atom stereocenters. The van der Waals surface area contributed by atoms with E-state index in [1.807, 2.05) is 0 Å². The summed E-state index contributed by atoms with van der Waals surface area (Å²) in [5.41, 5.74) is 6.94. The van der Waals surface area contributed by atoms with Gasteiger partial charge in [0.2, 0.25) is 10.0 Å². The topological polar surface area (TPSA) is 138 Å². The molecule has 1 aliphatic rings. The third-order valence-corrected chi connectivity index (χ3v) is 7.77. The van der Waals surface area contributed by atoms with Gasteiger partial charge < -0.3 is 24.4 Å². The number of sulfonamides is 1. The monoisotopic (exact) mass is 582 g/mol. The average molecular weight is 583 g/mol. The predicted molar refractivity (Wildman–Crippen MR) is 149 cm³/mol. The van der Waals surface area contributed by atoms with Crippen molar-refractivity contribution in [3.63, 3.8) is 0 Å². The summed E-state index contributed by atoms with van der Waals surface area (Å²) >= 11 is 0. The lowest BCUT2D eigenvalue weighted by Gasteiger charge is -2.24. The summed E-state index contributed by atoms with van der Waals surface area (Å²) in [5.74, 6) is -0.342. The zero-order chi connectivity index (χ0) is 29.3. The van der Waals surface area contributed by atoms with Crippen molar-refractivity contribution in [3.8, 4) is 22.8 Å². The molecule has 1 saturated carbocycles. The highest BCUT2D eigenvalue weighted by Crippen LogP contribution is 2.48. The Kier molecular flexibility index (Phi) is 7.70. The number of amides is 1. The van der Waals surface area contributed by atoms with E-state index in [0.29, 0.717) is 28.1 Å². The van der Waals surface area contributed by atoms with Gasteiger partial charge in [-0.2, -0.15) is 0 Å². The van der Waals surface area contributed by atoms with Gasteiger partial charge in [0.25, 0.3) is 0 Å². The van der Waals surface area contributed by atoms with Gasteiger partial charge in [-0.1, -0.05) is 0 Å². The van der Waals surface area contributed by atoms with Crippen molar-refractivity contribution in [1.29, 1.82) is 0 Å². The maximum Gasteiger partial charge on any atom is 0.412 e. The molecule has 3 aromatic carbocycles. The van der Waals surface area contributed by atoms with Crippen LogP contribution in [0.1, 0.15) is 34.7 Å². The van der Waals surface area contributed by atoms with Crippen LogP contribution in [-0.4, -0.2) is 47.0 Å². The van der Waals surface area contributed by atoms with Crippen LogP contribution in [0.25, 0.3) is 22.3 Å². The number of carbonyl (C=O) groups is 2. The number of furan rings is 1. The average Bonchev–Trinajstić information content (AvgIpc) is 3.69. The van der Waals surface area contributed by atoms with Crippen LogP contribution in [0.2, 0.25) is 0 Å². The first-order valence-electron chi connectivity index (χ1n) is 12.7. The number of esters is 1. The molecule has 214 valence electrons. The van der Waals surface area contributed by atoms with Crippen molar-refractivity contribution in [1.82, 2.24) is 0 Å². The molecule has 0 spiro atoms. The zero-order valence-electron chi connectivity index (χ0n) is 22.3. The van der Waals surface area contributed by atoms with Gasteiger partial charge in [0, 0.05) is 24.1 Å². The number of halogens is 1. The fourth-order valence-corrected chi connectivity index (χ4v) is 5.51. The van der Waals surface area contributed by atoms with Gasteiger partial charge in [0.1, 0.15) is 34.2 Å². The number of hydrogen-bond acceptors (Lipinski definition) is 8. The number of primary amides is 1. The fraction of sp³-hybridized carbons (Fsp3) is 0.241. The van der Waals surface area contributed by atoms with E-state index in [1.165, 1.54) is 35.7 Å². The van der Waals surface area contributed by atoms with Crippen molar-refractivity contribution in [2.45, 2.75) is 18.8 Å². The van der Waals surface area contributed by atoms with Gasteiger partial charge in [0.15, 0.2) is 0 Å². The number of nitrogens with zero attached hydrogens (tertiary/aromatic N) is 1. The number of hydrogen-bond donors (Lipinski definition) is 1. The first-order valence-corrected chi connectivity index (χ1v) is 14.5. The summed E-state index contributed by atoms with van der Waals surface area (Å²) in [6.45, 7) is 0.251. The second-order valence-corrected chi connectivity index (χ2v) is 11.5. The molecule has 4 aromatic rings. The van der Waals surface area contributed by atoms with Gasteiger partial charge in [-0.25, -0.2) is 22.4 Å². The molecule has 2 N–H and O–H groups in total. The van der Waals surface area contributed by atoms with Gasteiger partial charge in [-0.15, -0.1) is 0 Å². The minimum atomic E-state index is -3.68. The highest BCUT2D eigenvalue weighted by Gasteiger charge is 2.33. The molecule has 41 heavy (non-hydrogen) atoms. The SMILES string of the molecule is COCCN(c1cc2oc(-c3ccc(Oc4ccc(F)cc4)cc3)c(C(=O)OC(N)=O)c2cc1C1CC1)S(C)(=O)=O. The maximum absolute atomic E-state index is 13.2. The molecular weight excluding hydrogens is 555 g/mol. The lowest BCUT2D eigenvalue weighted by atomic mass is 10.0. The summed E-state index contributed by atoms with van der Waals surface area (Å²) in [7, 11) is -2.20. The van der Waals surface area contributed by atoms with E-state index >= 15 is 0 Å². The number of fused-ring (bicyclic) bond motifs is 1. The first-order chi connectivity index (χ1) is 19.5. The van der Waals surface area contributed by atoms with E-state index in [0.717, 1.165) is 24.7 Å². The van der Waals surface area contributed by atoms with E-state index < -0.39 is 22.1 Å². The lowest BCUT2D eigenvalue weighted by Crippen LogP contribution is -2.33. The van der Waals surface area contributed by atoms with Crippen molar-refractivity contribution in [3.05, 3.63) is 77.6 Å². The van der Waals surface area contributed by atoms with Gasteiger partial charge in [0.05, 0.1) is 25.1 Å². The number of methoxy groups -OCH3 is 1. The predicted octanol–water partition coefficient (Wildman–Crippen LogP) is 5.56. The molecule has 1 heterocycles. The van der Waals surface area contributed by atoms with Crippen LogP contribution in [-0.2, 0) is 19.5 Å². The number of rotatable bonds is 10. The number of nitrogens with two attached hydrogens (primary N) is 1. The molecule has 5 rings (SSSR count). The van der Waals surface area contributed by atoms with Crippen LogP contribution in [0.4, 0.5) is 14.9 Å². The third-order valence-electron chi connectivity index (χ3n) is 6.59. The van der Waals surface area contributed by atoms with E-state index in [2.05, 4.69) is 0 Å². The van der Waals surface area contributed by atoms with Crippen LogP contribution in [0.3, 0.4) is 0 Å². The minimum Gasteiger partial charge on any atom is -0.457 e. The second-order valence-electron chi connectivity index (χ2n) is 9.60. The second kappa shape index (κ2) is 11.2. The molecule has 0 atom stereocenters. The largest absolute Gasteiger partial charge is 0.457 e. The quantitative estimate of drug-likeness (QED) is 0.190. The van der Waals surface area contributed by atoms with Gasteiger partial charge >= 0.3 is 12.1 Å². The van der Waals surface area contributed by atoms with Crippen molar-refractivity contribution in [2.24, 2.45) is 5.73 Å². The molecule has 1 amide bonds. The maximum atomic E-state index is 13.2. The molecule has 0 radical (unpaired) electrons. The number of anilines is 1. The zero-order valence-corrected chi connectivity index (χ0v) is 23.1.